The van der Waals surface area contributed by atoms with E-state index in [2.05, 4.69) is 4.90 Å². The first kappa shape index (κ1) is 14.3. The third-order valence-corrected chi connectivity index (χ3v) is 3.68. The Bertz CT molecular complexity index is 530. The number of hydrogen-bond acceptors (Lipinski definition) is 4. The normalized spacial score (nSPS) is 15.9. The predicted molar refractivity (Wildman–Crippen MR) is 76.9 cm³/mol. The second-order valence-corrected chi connectivity index (χ2v) is 5.07. The summed E-state index contributed by atoms with van der Waals surface area (Å²) in [6.45, 7) is 6.44. The quantitative estimate of drug-likeness (QED) is 0.612. The van der Waals surface area contributed by atoms with Gasteiger partial charge in [0.25, 0.3) is 5.69 Å². The van der Waals surface area contributed by atoms with Gasteiger partial charge >= 0.3 is 0 Å². The number of benzene rings is 1. The zero-order valence-electron chi connectivity index (χ0n) is 11.8. The molecule has 1 aromatic rings. The summed E-state index contributed by atoms with van der Waals surface area (Å²) < 4.78 is 0. The largest absolute Gasteiger partial charge is 0.370 e. The Morgan fingerprint density at radius 2 is 2.00 bits per heavy atom. The second-order valence-electron chi connectivity index (χ2n) is 5.07. The van der Waals surface area contributed by atoms with Crippen LogP contribution in [-0.4, -0.2) is 41.9 Å². The highest BCUT2D eigenvalue weighted by Gasteiger charge is 2.18. The van der Waals surface area contributed by atoms with Gasteiger partial charge in [-0.1, -0.05) is 0 Å². The van der Waals surface area contributed by atoms with Gasteiger partial charge in [0.05, 0.1) is 4.92 Å². The van der Waals surface area contributed by atoms with Gasteiger partial charge in [-0.15, -0.1) is 0 Å². The summed E-state index contributed by atoms with van der Waals surface area (Å²) >= 11 is 0. The summed E-state index contributed by atoms with van der Waals surface area (Å²) in [4.78, 5) is 25.9. The van der Waals surface area contributed by atoms with E-state index < -0.39 is 0 Å². The molecular weight excluding hydrogens is 258 g/mol. The topological polar surface area (TPSA) is 66.7 Å². The maximum absolute atomic E-state index is 11.4. The van der Waals surface area contributed by atoms with Crippen molar-refractivity contribution >= 4 is 17.3 Å². The molecule has 0 radical (unpaired) electrons. The number of aryl methyl sites for hydroxylation is 1. The van der Waals surface area contributed by atoms with E-state index in [9.17, 15) is 14.9 Å². The molecule has 0 spiro atoms. The Hall–Kier alpha value is -2.11. The van der Waals surface area contributed by atoms with Crippen molar-refractivity contribution in [3.05, 3.63) is 33.9 Å². The molecule has 2 rings (SSSR count). The summed E-state index contributed by atoms with van der Waals surface area (Å²) in [6, 6.07) is 5.19. The summed E-state index contributed by atoms with van der Waals surface area (Å²) in [5.74, 6) is 0.103. The number of nitro benzene ring substituents is 1. The summed E-state index contributed by atoms with van der Waals surface area (Å²) in [6.07, 6.45) is 0.912. The highest BCUT2D eigenvalue weighted by atomic mass is 16.6. The summed E-state index contributed by atoms with van der Waals surface area (Å²) in [5.41, 5.74) is 1.80. The van der Waals surface area contributed by atoms with Crippen LogP contribution in [0.15, 0.2) is 18.2 Å². The molecule has 6 heteroatoms. The molecule has 108 valence electrons. The minimum absolute atomic E-state index is 0.103. The number of rotatable bonds is 2. The fraction of sp³-hybridized carbons (Fsp3) is 0.500. The number of carbonyl (C=O) groups excluding carboxylic acids is 1. The van der Waals surface area contributed by atoms with Crippen molar-refractivity contribution in [3.63, 3.8) is 0 Å². The van der Waals surface area contributed by atoms with Gasteiger partial charge in [-0.05, 0) is 25.5 Å². The number of anilines is 1. The number of nitro groups is 1. The van der Waals surface area contributed by atoms with Crippen LogP contribution in [-0.2, 0) is 4.79 Å². The number of nitrogens with zero attached hydrogens (tertiary/aromatic N) is 3. The molecular formula is C14H19N3O3. The van der Waals surface area contributed by atoms with Gasteiger partial charge in [-0.2, -0.15) is 0 Å². The van der Waals surface area contributed by atoms with Crippen LogP contribution in [0.3, 0.4) is 0 Å². The molecule has 0 unspecified atom stereocenters. The molecule has 1 aromatic carbocycles. The maximum Gasteiger partial charge on any atom is 0.272 e. The van der Waals surface area contributed by atoms with Gasteiger partial charge in [-0.3, -0.25) is 14.9 Å². The van der Waals surface area contributed by atoms with Gasteiger partial charge in [0.1, 0.15) is 0 Å². The van der Waals surface area contributed by atoms with Crippen LogP contribution >= 0.6 is 0 Å². The average molecular weight is 277 g/mol. The van der Waals surface area contributed by atoms with Crippen molar-refractivity contribution in [1.29, 1.82) is 0 Å². The molecule has 0 saturated carbocycles. The zero-order chi connectivity index (χ0) is 14.7. The van der Waals surface area contributed by atoms with Crippen LogP contribution < -0.4 is 4.90 Å². The molecule has 1 aliphatic heterocycles. The van der Waals surface area contributed by atoms with E-state index in [-0.39, 0.29) is 16.5 Å². The molecule has 0 atom stereocenters. The van der Waals surface area contributed by atoms with Gasteiger partial charge < -0.3 is 9.80 Å². The zero-order valence-corrected chi connectivity index (χ0v) is 11.8. The number of amides is 1. The lowest BCUT2D eigenvalue weighted by molar-refractivity contribution is -0.385. The van der Waals surface area contributed by atoms with E-state index in [1.54, 1.807) is 26.0 Å². The molecule has 0 N–H and O–H groups in total. The van der Waals surface area contributed by atoms with Gasteiger partial charge in [0.15, 0.2) is 0 Å². The van der Waals surface area contributed by atoms with Crippen molar-refractivity contribution in [2.45, 2.75) is 20.3 Å². The Labute approximate surface area is 118 Å². The van der Waals surface area contributed by atoms with Crippen molar-refractivity contribution in [3.8, 4) is 0 Å². The monoisotopic (exact) mass is 277 g/mol. The van der Waals surface area contributed by atoms with Gasteiger partial charge in [-0.25, -0.2) is 0 Å². The van der Waals surface area contributed by atoms with E-state index in [0.717, 1.165) is 31.7 Å². The number of carbonyl (C=O) groups is 1. The predicted octanol–water partition coefficient (Wildman–Crippen LogP) is 1.96. The lowest BCUT2D eigenvalue weighted by Crippen LogP contribution is -2.33. The van der Waals surface area contributed by atoms with Crippen LogP contribution in [0.25, 0.3) is 0 Å². The van der Waals surface area contributed by atoms with E-state index in [4.69, 9.17) is 0 Å². The lowest BCUT2D eigenvalue weighted by atomic mass is 10.1. The first-order valence-corrected chi connectivity index (χ1v) is 6.74. The summed E-state index contributed by atoms with van der Waals surface area (Å²) in [7, 11) is 0. The van der Waals surface area contributed by atoms with Crippen LogP contribution in [0.2, 0.25) is 0 Å². The van der Waals surface area contributed by atoms with Crippen molar-refractivity contribution in [2.24, 2.45) is 0 Å². The standard InChI is InChI=1S/C14H19N3O3/c1-11-10-13(4-5-14(11)17(19)20)16-7-3-6-15(8-9-16)12(2)18/h4-5,10H,3,6-9H2,1-2H3. The molecule has 1 heterocycles. The van der Waals surface area contributed by atoms with Crippen molar-refractivity contribution in [1.82, 2.24) is 4.90 Å². The fourth-order valence-electron chi connectivity index (χ4n) is 2.53. The first-order valence-electron chi connectivity index (χ1n) is 6.74. The minimum atomic E-state index is -0.362. The third kappa shape index (κ3) is 3.07. The molecule has 1 fully saturated rings. The van der Waals surface area contributed by atoms with E-state index >= 15 is 0 Å². The Kier molecular flexibility index (Phi) is 4.22. The van der Waals surface area contributed by atoms with Crippen molar-refractivity contribution < 1.29 is 9.72 Å². The maximum atomic E-state index is 11.4. The second kappa shape index (κ2) is 5.90. The van der Waals surface area contributed by atoms with Crippen LogP contribution in [0.1, 0.15) is 18.9 Å². The highest BCUT2D eigenvalue weighted by molar-refractivity contribution is 5.73. The smallest absolute Gasteiger partial charge is 0.272 e. The molecule has 0 bridgehead atoms. The van der Waals surface area contributed by atoms with Crippen molar-refractivity contribution in [2.75, 3.05) is 31.1 Å². The van der Waals surface area contributed by atoms with Crippen LogP contribution in [0, 0.1) is 17.0 Å². The van der Waals surface area contributed by atoms with Gasteiger partial charge in [0, 0.05) is 50.4 Å². The average Bonchev–Trinajstić information content (AvgIpc) is 2.63. The van der Waals surface area contributed by atoms with E-state index in [1.807, 2.05) is 11.0 Å². The molecule has 1 saturated heterocycles. The van der Waals surface area contributed by atoms with Gasteiger partial charge in [0.2, 0.25) is 5.91 Å². The molecule has 1 aliphatic rings. The molecule has 20 heavy (non-hydrogen) atoms. The SMILES string of the molecule is CC(=O)N1CCCN(c2ccc([N+](=O)[O-])c(C)c2)CC1. The third-order valence-electron chi connectivity index (χ3n) is 3.68. The van der Waals surface area contributed by atoms with E-state index in [1.165, 1.54) is 0 Å². The molecule has 0 aromatic heterocycles. The lowest BCUT2D eigenvalue weighted by Gasteiger charge is -2.23. The minimum Gasteiger partial charge on any atom is -0.370 e. The fourth-order valence-corrected chi connectivity index (χ4v) is 2.53. The Balaban J connectivity index is 2.14. The van der Waals surface area contributed by atoms with Crippen LogP contribution in [0.4, 0.5) is 11.4 Å². The molecule has 1 amide bonds. The Morgan fingerprint density at radius 3 is 2.60 bits per heavy atom. The Morgan fingerprint density at radius 1 is 1.25 bits per heavy atom. The number of hydrogen-bond donors (Lipinski definition) is 0. The highest BCUT2D eigenvalue weighted by Crippen LogP contribution is 2.25. The first-order chi connectivity index (χ1) is 9.49. The molecule has 0 aliphatic carbocycles. The van der Waals surface area contributed by atoms with Crippen LogP contribution in [0.5, 0.6) is 0 Å². The van der Waals surface area contributed by atoms with E-state index in [0.29, 0.717) is 12.1 Å². The molecule has 6 nitrogen and oxygen atoms in total. The summed E-state index contributed by atoms with van der Waals surface area (Å²) in [5, 5.41) is 10.8.